The minimum atomic E-state index is -0.859. The third-order valence-corrected chi connectivity index (χ3v) is 3.69. The molecule has 0 aliphatic carbocycles. The molecule has 132 valence electrons. The van der Waals surface area contributed by atoms with E-state index in [1.54, 1.807) is 6.92 Å². The van der Waals surface area contributed by atoms with Gasteiger partial charge in [0.05, 0.1) is 0 Å². The standard InChI is InChI=1S/C18H21N3O4/c1-13(10-11-15-7-4-3-5-8-15)20-18(22)14(2)25-16-9-6-12-19-17(16)21(23)24/h3-9,12-14H,10-11H2,1-2H3,(H,20,22)/t13-,14-/m1/s1. The third kappa shape index (κ3) is 5.56. The third-order valence-electron chi connectivity index (χ3n) is 3.69. The van der Waals surface area contributed by atoms with Crippen LogP contribution in [0.15, 0.2) is 48.7 Å². The van der Waals surface area contributed by atoms with E-state index in [1.807, 2.05) is 37.3 Å². The van der Waals surface area contributed by atoms with Crippen molar-refractivity contribution in [2.24, 2.45) is 0 Å². The van der Waals surface area contributed by atoms with Crippen LogP contribution < -0.4 is 10.1 Å². The zero-order valence-corrected chi connectivity index (χ0v) is 14.2. The normalized spacial score (nSPS) is 12.9. The number of aromatic nitrogens is 1. The average molecular weight is 343 g/mol. The lowest BCUT2D eigenvalue weighted by atomic mass is 10.1. The summed E-state index contributed by atoms with van der Waals surface area (Å²) in [4.78, 5) is 26.2. The van der Waals surface area contributed by atoms with E-state index in [0.717, 1.165) is 12.8 Å². The molecule has 0 fully saturated rings. The van der Waals surface area contributed by atoms with Crippen molar-refractivity contribution in [3.63, 3.8) is 0 Å². The monoisotopic (exact) mass is 343 g/mol. The molecule has 0 unspecified atom stereocenters. The van der Waals surface area contributed by atoms with Crippen LogP contribution in [0.5, 0.6) is 5.75 Å². The summed E-state index contributed by atoms with van der Waals surface area (Å²) in [6, 6.07) is 12.9. The molecule has 0 spiro atoms. The van der Waals surface area contributed by atoms with Crippen LogP contribution >= 0.6 is 0 Å². The summed E-state index contributed by atoms with van der Waals surface area (Å²) < 4.78 is 5.42. The van der Waals surface area contributed by atoms with E-state index < -0.39 is 16.8 Å². The van der Waals surface area contributed by atoms with E-state index in [9.17, 15) is 14.9 Å². The van der Waals surface area contributed by atoms with Crippen LogP contribution in [0.1, 0.15) is 25.8 Å². The van der Waals surface area contributed by atoms with Crippen molar-refractivity contribution in [2.75, 3.05) is 0 Å². The summed E-state index contributed by atoms with van der Waals surface area (Å²) in [5.41, 5.74) is 1.21. The fourth-order valence-corrected chi connectivity index (χ4v) is 2.32. The fourth-order valence-electron chi connectivity index (χ4n) is 2.32. The Labute approximate surface area is 146 Å². The first-order chi connectivity index (χ1) is 12.0. The predicted octanol–water partition coefficient (Wildman–Crippen LogP) is 2.89. The first kappa shape index (κ1) is 18.4. The molecule has 7 heteroatoms. The number of pyridine rings is 1. The number of nitro groups is 1. The number of hydrogen-bond donors (Lipinski definition) is 1. The Bertz CT molecular complexity index is 721. The van der Waals surface area contributed by atoms with Gasteiger partial charge in [0.2, 0.25) is 5.75 Å². The number of carbonyl (C=O) groups is 1. The van der Waals surface area contributed by atoms with E-state index in [0.29, 0.717) is 0 Å². The molecule has 25 heavy (non-hydrogen) atoms. The summed E-state index contributed by atoms with van der Waals surface area (Å²) in [6.45, 7) is 3.47. The van der Waals surface area contributed by atoms with Gasteiger partial charge in [-0.2, -0.15) is 0 Å². The van der Waals surface area contributed by atoms with Gasteiger partial charge in [0.1, 0.15) is 6.20 Å². The minimum absolute atomic E-state index is 0.0212. The van der Waals surface area contributed by atoms with Gasteiger partial charge in [-0.05, 0) is 54.3 Å². The number of aryl methyl sites for hydroxylation is 1. The Morgan fingerprint density at radius 2 is 1.96 bits per heavy atom. The summed E-state index contributed by atoms with van der Waals surface area (Å²) >= 11 is 0. The number of nitrogens with one attached hydrogen (secondary N) is 1. The summed E-state index contributed by atoms with van der Waals surface area (Å²) in [6.07, 6.45) is 2.09. The second-order valence-electron chi connectivity index (χ2n) is 5.78. The molecule has 0 bridgehead atoms. The number of nitrogens with zero attached hydrogens (tertiary/aromatic N) is 2. The number of amides is 1. The number of benzene rings is 1. The molecule has 0 aliphatic heterocycles. The molecule has 1 heterocycles. The molecule has 7 nitrogen and oxygen atoms in total. The van der Waals surface area contributed by atoms with Crippen molar-refractivity contribution in [2.45, 2.75) is 38.8 Å². The Morgan fingerprint density at radius 3 is 2.64 bits per heavy atom. The molecule has 1 N–H and O–H groups in total. The van der Waals surface area contributed by atoms with Crippen molar-refractivity contribution < 1.29 is 14.5 Å². The van der Waals surface area contributed by atoms with E-state index in [1.165, 1.54) is 23.9 Å². The van der Waals surface area contributed by atoms with E-state index in [-0.39, 0.29) is 17.7 Å². The van der Waals surface area contributed by atoms with Crippen LogP contribution in [0, 0.1) is 10.1 Å². The summed E-state index contributed by atoms with van der Waals surface area (Å²) in [5.74, 6) is -0.745. The predicted molar refractivity (Wildman–Crippen MR) is 93.3 cm³/mol. The Balaban J connectivity index is 1.86. The largest absolute Gasteiger partial charge is 0.473 e. The van der Waals surface area contributed by atoms with Crippen LogP contribution in [-0.2, 0) is 11.2 Å². The molecule has 1 aromatic heterocycles. The quantitative estimate of drug-likeness (QED) is 0.587. The van der Waals surface area contributed by atoms with Crippen LogP contribution in [0.25, 0.3) is 0 Å². The lowest BCUT2D eigenvalue weighted by Crippen LogP contribution is -2.41. The average Bonchev–Trinajstić information content (AvgIpc) is 2.61. The Morgan fingerprint density at radius 1 is 1.24 bits per heavy atom. The molecule has 2 atom stereocenters. The van der Waals surface area contributed by atoms with Crippen molar-refractivity contribution in [1.29, 1.82) is 0 Å². The fraction of sp³-hybridized carbons (Fsp3) is 0.333. The smallest absolute Gasteiger partial charge is 0.406 e. The van der Waals surface area contributed by atoms with Gasteiger partial charge in [0.15, 0.2) is 6.10 Å². The van der Waals surface area contributed by atoms with Crippen molar-refractivity contribution in [3.8, 4) is 5.75 Å². The van der Waals surface area contributed by atoms with Crippen LogP contribution in [-0.4, -0.2) is 28.0 Å². The van der Waals surface area contributed by atoms with Gasteiger partial charge in [0, 0.05) is 6.04 Å². The van der Waals surface area contributed by atoms with Gasteiger partial charge >= 0.3 is 5.82 Å². The topological polar surface area (TPSA) is 94.4 Å². The maximum absolute atomic E-state index is 12.2. The highest BCUT2D eigenvalue weighted by atomic mass is 16.6. The number of rotatable bonds is 8. The van der Waals surface area contributed by atoms with Gasteiger partial charge in [-0.25, -0.2) is 0 Å². The van der Waals surface area contributed by atoms with Gasteiger partial charge in [-0.1, -0.05) is 30.3 Å². The Hall–Kier alpha value is -2.96. The molecule has 2 aromatic rings. The highest BCUT2D eigenvalue weighted by Gasteiger charge is 2.22. The SMILES string of the molecule is C[C@H](CCc1ccccc1)NC(=O)[C@@H](C)Oc1cccnc1[N+](=O)[O-]. The van der Waals surface area contributed by atoms with Gasteiger partial charge < -0.3 is 20.2 Å². The second kappa shape index (κ2) is 8.77. The Kier molecular flexibility index (Phi) is 6.45. The van der Waals surface area contributed by atoms with Gasteiger partial charge in [0.25, 0.3) is 5.91 Å². The molecule has 2 rings (SSSR count). The minimum Gasteiger partial charge on any atom is -0.473 e. The van der Waals surface area contributed by atoms with E-state index in [4.69, 9.17) is 4.74 Å². The van der Waals surface area contributed by atoms with Crippen LogP contribution in [0.3, 0.4) is 0 Å². The first-order valence-corrected chi connectivity index (χ1v) is 8.07. The molecule has 1 aromatic carbocycles. The van der Waals surface area contributed by atoms with Crippen LogP contribution in [0.4, 0.5) is 5.82 Å². The number of ether oxygens (including phenoxy) is 1. The van der Waals surface area contributed by atoms with Crippen molar-refractivity contribution >= 4 is 11.7 Å². The second-order valence-corrected chi connectivity index (χ2v) is 5.78. The molecule has 0 radical (unpaired) electrons. The lowest BCUT2D eigenvalue weighted by molar-refractivity contribution is -0.390. The molecule has 0 saturated carbocycles. The van der Waals surface area contributed by atoms with E-state index >= 15 is 0 Å². The van der Waals surface area contributed by atoms with Crippen molar-refractivity contribution in [3.05, 3.63) is 64.3 Å². The highest BCUT2D eigenvalue weighted by molar-refractivity contribution is 5.81. The number of carbonyl (C=O) groups excluding carboxylic acids is 1. The molecule has 0 aliphatic rings. The molecular weight excluding hydrogens is 322 g/mol. The zero-order chi connectivity index (χ0) is 18.2. The molecular formula is C18H21N3O4. The first-order valence-electron chi connectivity index (χ1n) is 8.07. The highest BCUT2D eigenvalue weighted by Crippen LogP contribution is 2.24. The van der Waals surface area contributed by atoms with E-state index in [2.05, 4.69) is 10.3 Å². The lowest BCUT2D eigenvalue weighted by Gasteiger charge is -2.18. The summed E-state index contributed by atoms with van der Waals surface area (Å²) in [5, 5.41) is 13.8. The maximum atomic E-state index is 12.2. The molecule has 0 saturated heterocycles. The summed E-state index contributed by atoms with van der Waals surface area (Å²) in [7, 11) is 0. The van der Waals surface area contributed by atoms with Gasteiger partial charge in [-0.3, -0.25) is 4.79 Å². The van der Waals surface area contributed by atoms with Gasteiger partial charge in [-0.15, -0.1) is 0 Å². The maximum Gasteiger partial charge on any atom is 0.406 e. The number of hydrogen-bond acceptors (Lipinski definition) is 5. The van der Waals surface area contributed by atoms with Crippen molar-refractivity contribution in [1.82, 2.24) is 10.3 Å². The molecule has 1 amide bonds. The zero-order valence-electron chi connectivity index (χ0n) is 14.2. The van der Waals surface area contributed by atoms with Crippen LogP contribution in [0.2, 0.25) is 0 Å².